The molecule has 3 aromatic rings. The summed E-state index contributed by atoms with van der Waals surface area (Å²) in [6.07, 6.45) is 0.237. The number of carbonyl (C=O) groups excluding carboxylic acids is 1. The molecule has 1 amide bonds. The summed E-state index contributed by atoms with van der Waals surface area (Å²) in [6.45, 7) is 8.03. The van der Waals surface area contributed by atoms with Gasteiger partial charge in [-0.3, -0.25) is 4.79 Å². The molecule has 0 saturated heterocycles. The molecule has 0 aromatic heterocycles. The van der Waals surface area contributed by atoms with E-state index in [1.807, 2.05) is 51.1 Å². The van der Waals surface area contributed by atoms with E-state index in [2.05, 4.69) is 45.0 Å². The number of nitrogens with one attached hydrogen (secondary N) is 2. The van der Waals surface area contributed by atoms with Crippen molar-refractivity contribution in [1.82, 2.24) is 10.0 Å². The topological polar surface area (TPSA) is 75.3 Å². The minimum atomic E-state index is -3.89. The highest BCUT2D eigenvalue weighted by atomic mass is 79.9. The van der Waals surface area contributed by atoms with Crippen molar-refractivity contribution in [3.63, 3.8) is 0 Å². The fourth-order valence-electron chi connectivity index (χ4n) is 3.75. The molecule has 0 bridgehead atoms. The summed E-state index contributed by atoms with van der Waals surface area (Å²) in [7, 11) is -3.89. The van der Waals surface area contributed by atoms with Crippen molar-refractivity contribution in [3.05, 3.63) is 99.0 Å². The van der Waals surface area contributed by atoms with E-state index >= 15 is 0 Å². The number of halogens is 1. The Bertz CT molecular complexity index is 1230. The van der Waals surface area contributed by atoms with Crippen LogP contribution in [0.5, 0.6) is 0 Å². The Labute approximate surface area is 204 Å². The third kappa shape index (κ3) is 6.53. The van der Waals surface area contributed by atoms with E-state index in [0.29, 0.717) is 0 Å². The highest BCUT2D eigenvalue weighted by Crippen LogP contribution is 2.22. The lowest BCUT2D eigenvalue weighted by atomic mass is 9.96. The fourth-order valence-corrected chi connectivity index (χ4v) is 5.21. The summed E-state index contributed by atoms with van der Waals surface area (Å²) in [6, 6.07) is 18.7. The zero-order valence-electron chi connectivity index (χ0n) is 19.2. The van der Waals surface area contributed by atoms with Gasteiger partial charge in [0.1, 0.15) is 6.04 Å². The second kappa shape index (κ2) is 10.6. The maximum atomic E-state index is 13.3. The lowest BCUT2D eigenvalue weighted by Crippen LogP contribution is -2.48. The molecule has 0 saturated carbocycles. The van der Waals surface area contributed by atoms with E-state index < -0.39 is 16.1 Å². The Balaban J connectivity index is 1.86. The Kier molecular flexibility index (Phi) is 8.10. The van der Waals surface area contributed by atoms with Gasteiger partial charge in [-0.1, -0.05) is 58.4 Å². The minimum Gasteiger partial charge on any atom is -0.348 e. The predicted molar refractivity (Wildman–Crippen MR) is 136 cm³/mol. The van der Waals surface area contributed by atoms with E-state index in [4.69, 9.17) is 0 Å². The Morgan fingerprint density at radius 3 is 2.15 bits per heavy atom. The zero-order valence-corrected chi connectivity index (χ0v) is 21.6. The summed E-state index contributed by atoms with van der Waals surface area (Å²) < 4.78 is 29.5. The first-order valence-corrected chi connectivity index (χ1v) is 13.0. The van der Waals surface area contributed by atoms with Crippen LogP contribution < -0.4 is 10.0 Å². The molecule has 0 heterocycles. The van der Waals surface area contributed by atoms with Gasteiger partial charge in [-0.15, -0.1) is 0 Å². The average molecular weight is 530 g/mol. The van der Waals surface area contributed by atoms with Gasteiger partial charge in [0.15, 0.2) is 0 Å². The first-order valence-electron chi connectivity index (χ1n) is 10.8. The molecule has 3 aromatic carbocycles. The van der Waals surface area contributed by atoms with Crippen molar-refractivity contribution in [1.29, 1.82) is 0 Å². The number of carbonyl (C=O) groups is 1. The summed E-state index contributed by atoms with van der Waals surface area (Å²) in [5.74, 6) is -0.371. The minimum absolute atomic E-state index is 0.106. The van der Waals surface area contributed by atoms with Gasteiger partial charge in [-0.05, 0) is 86.2 Å². The van der Waals surface area contributed by atoms with Crippen molar-refractivity contribution < 1.29 is 13.2 Å². The van der Waals surface area contributed by atoms with Crippen LogP contribution in [0.25, 0.3) is 0 Å². The Hall–Kier alpha value is -2.48. The molecular formula is C26H29BrN2O3S. The van der Waals surface area contributed by atoms with Crippen molar-refractivity contribution in [3.8, 4) is 0 Å². The van der Waals surface area contributed by atoms with Crippen LogP contribution in [0.15, 0.2) is 76.1 Å². The molecule has 0 radical (unpaired) electrons. The first kappa shape index (κ1) is 25.1. The smallest absolute Gasteiger partial charge is 0.241 e. The second-order valence-electron chi connectivity index (χ2n) is 8.34. The van der Waals surface area contributed by atoms with Gasteiger partial charge < -0.3 is 5.32 Å². The molecule has 0 spiro atoms. The predicted octanol–water partition coefficient (Wildman–Crippen LogP) is 5.14. The summed E-state index contributed by atoms with van der Waals surface area (Å²) >= 11 is 3.32. The molecule has 0 unspecified atom stereocenters. The van der Waals surface area contributed by atoms with Gasteiger partial charge in [0.05, 0.1) is 10.9 Å². The number of amides is 1. The molecule has 0 aliphatic heterocycles. The second-order valence-corrected chi connectivity index (χ2v) is 11.0. The largest absolute Gasteiger partial charge is 0.348 e. The number of benzene rings is 3. The molecular weight excluding hydrogens is 500 g/mol. The lowest BCUT2D eigenvalue weighted by Gasteiger charge is -2.23. The Morgan fingerprint density at radius 2 is 1.52 bits per heavy atom. The van der Waals surface area contributed by atoms with E-state index in [0.717, 1.165) is 26.7 Å². The van der Waals surface area contributed by atoms with E-state index in [1.165, 1.54) is 17.7 Å². The summed E-state index contributed by atoms with van der Waals surface area (Å²) in [4.78, 5) is 13.4. The number of rotatable bonds is 8. The monoisotopic (exact) mass is 528 g/mol. The third-order valence-corrected chi connectivity index (χ3v) is 7.74. The van der Waals surface area contributed by atoms with Crippen molar-refractivity contribution in [2.45, 2.75) is 51.1 Å². The molecule has 5 nitrogen and oxygen atoms in total. The lowest BCUT2D eigenvalue weighted by molar-refractivity contribution is -0.123. The Morgan fingerprint density at radius 1 is 0.909 bits per heavy atom. The van der Waals surface area contributed by atoms with Gasteiger partial charge in [0.25, 0.3) is 0 Å². The van der Waals surface area contributed by atoms with Crippen LogP contribution in [0.2, 0.25) is 0 Å². The maximum Gasteiger partial charge on any atom is 0.241 e. The van der Waals surface area contributed by atoms with Gasteiger partial charge in [-0.25, -0.2) is 8.42 Å². The third-order valence-electron chi connectivity index (χ3n) is 5.73. The van der Waals surface area contributed by atoms with Crippen LogP contribution in [-0.4, -0.2) is 20.4 Å². The maximum absolute atomic E-state index is 13.3. The summed E-state index contributed by atoms with van der Waals surface area (Å²) in [5.41, 5.74) is 5.31. The van der Waals surface area contributed by atoms with Gasteiger partial charge in [-0.2, -0.15) is 4.72 Å². The number of hydrogen-bond donors (Lipinski definition) is 2. The SMILES string of the molecule is Cc1cc(C)c([C@@H](C)NC(=O)[C@H](Cc2ccccc2)NS(=O)(=O)c2ccc(Br)cc2)cc1C. The van der Waals surface area contributed by atoms with E-state index in [1.54, 1.807) is 12.1 Å². The molecule has 3 rings (SSSR count). The van der Waals surface area contributed by atoms with Crippen LogP contribution in [0.1, 0.15) is 40.8 Å². The molecule has 0 aliphatic rings. The summed E-state index contributed by atoms with van der Waals surface area (Å²) in [5, 5.41) is 3.01. The van der Waals surface area contributed by atoms with Gasteiger partial charge in [0.2, 0.25) is 15.9 Å². The van der Waals surface area contributed by atoms with Gasteiger partial charge in [0, 0.05) is 4.47 Å². The number of hydrogen-bond acceptors (Lipinski definition) is 3. The molecule has 33 heavy (non-hydrogen) atoms. The van der Waals surface area contributed by atoms with Crippen molar-refractivity contribution in [2.75, 3.05) is 0 Å². The highest BCUT2D eigenvalue weighted by molar-refractivity contribution is 9.10. The van der Waals surface area contributed by atoms with Crippen LogP contribution in [0.3, 0.4) is 0 Å². The van der Waals surface area contributed by atoms with Crippen molar-refractivity contribution in [2.24, 2.45) is 0 Å². The van der Waals surface area contributed by atoms with Crippen LogP contribution in [-0.2, 0) is 21.2 Å². The quantitative estimate of drug-likeness (QED) is 0.424. The van der Waals surface area contributed by atoms with Crippen LogP contribution >= 0.6 is 15.9 Å². The van der Waals surface area contributed by atoms with E-state index in [9.17, 15) is 13.2 Å². The highest BCUT2D eigenvalue weighted by Gasteiger charge is 2.27. The first-order chi connectivity index (χ1) is 15.6. The molecule has 2 N–H and O–H groups in total. The molecule has 2 atom stereocenters. The molecule has 7 heteroatoms. The number of aryl methyl sites for hydroxylation is 3. The van der Waals surface area contributed by atoms with E-state index in [-0.39, 0.29) is 23.3 Å². The average Bonchev–Trinajstić information content (AvgIpc) is 2.76. The zero-order chi connectivity index (χ0) is 24.2. The fraction of sp³-hybridized carbons (Fsp3) is 0.269. The van der Waals surface area contributed by atoms with Gasteiger partial charge >= 0.3 is 0 Å². The van der Waals surface area contributed by atoms with Crippen molar-refractivity contribution >= 4 is 31.9 Å². The number of sulfonamides is 1. The molecule has 0 aliphatic carbocycles. The standard InChI is InChI=1S/C26H29BrN2O3S/c1-17-14-19(3)24(15-18(17)2)20(4)28-26(30)25(16-21-8-6-5-7-9-21)29-33(31,32)23-12-10-22(27)11-13-23/h5-15,20,25,29H,16H2,1-4H3,(H,28,30)/t20-,25+/m1/s1. The molecule has 0 fully saturated rings. The normalized spacial score (nSPS) is 13.4. The molecule has 174 valence electrons. The van der Waals surface area contributed by atoms with Crippen LogP contribution in [0.4, 0.5) is 0 Å². The van der Waals surface area contributed by atoms with Crippen LogP contribution in [0, 0.1) is 20.8 Å².